The highest BCUT2D eigenvalue weighted by Gasteiger charge is 2.17. The number of nitrogens with zero attached hydrogens (tertiary/aromatic N) is 2. The fraction of sp³-hybridized carbons (Fsp3) is 0. The summed E-state index contributed by atoms with van der Waals surface area (Å²) in [7, 11) is 0. The van der Waals surface area contributed by atoms with Crippen molar-refractivity contribution in [3.63, 3.8) is 0 Å². The molecular formula is C32H24N4. The zero-order valence-electron chi connectivity index (χ0n) is 19.6. The van der Waals surface area contributed by atoms with Crippen molar-refractivity contribution in [2.45, 2.75) is 0 Å². The maximum absolute atomic E-state index is 6.95. The van der Waals surface area contributed by atoms with E-state index >= 15 is 0 Å². The molecule has 4 heteroatoms. The number of para-hydroxylation sites is 2. The first-order valence-corrected chi connectivity index (χ1v) is 12.0. The van der Waals surface area contributed by atoms with Crippen LogP contribution in [0.4, 0.5) is 0 Å². The lowest BCUT2D eigenvalue weighted by molar-refractivity contribution is 1.13. The number of nitrogens with two attached hydrogens (primary N) is 2. The van der Waals surface area contributed by atoms with Crippen molar-refractivity contribution in [3.05, 3.63) is 126 Å². The third-order valence-electron chi connectivity index (χ3n) is 7.19. The topological polar surface area (TPSA) is 61.9 Å². The van der Waals surface area contributed by atoms with Gasteiger partial charge in [-0.05, 0) is 35.7 Å². The van der Waals surface area contributed by atoms with Gasteiger partial charge in [-0.3, -0.25) is 4.57 Å². The summed E-state index contributed by atoms with van der Waals surface area (Å²) in [6.45, 7) is 0. The molecule has 2 aromatic heterocycles. The number of aromatic nitrogens is 2. The van der Waals surface area contributed by atoms with Crippen LogP contribution in [0, 0.1) is 0 Å². The summed E-state index contributed by atoms with van der Waals surface area (Å²) in [5, 5.41) is 7.75. The van der Waals surface area contributed by atoms with E-state index in [1.165, 1.54) is 32.4 Å². The van der Waals surface area contributed by atoms with Gasteiger partial charge in [0.25, 0.3) is 0 Å². The van der Waals surface area contributed by atoms with Crippen LogP contribution in [0.5, 0.6) is 0 Å². The second-order valence-electron chi connectivity index (χ2n) is 9.07. The van der Waals surface area contributed by atoms with E-state index in [2.05, 4.69) is 94.2 Å². The quantitative estimate of drug-likeness (QED) is 0.371. The zero-order chi connectivity index (χ0) is 24.2. The van der Waals surface area contributed by atoms with Crippen molar-refractivity contribution >= 4 is 55.5 Å². The third kappa shape index (κ3) is 2.82. The van der Waals surface area contributed by atoms with Gasteiger partial charge in [0.05, 0.1) is 16.6 Å². The molecule has 36 heavy (non-hydrogen) atoms. The Hall–Kier alpha value is -4.96. The fourth-order valence-electron chi connectivity index (χ4n) is 5.55. The first-order valence-electron chi connectivity index (χ1n) is 12.0. The molecule has 0 amide bonds. The molecule has 0 fully saturated rings. The van der Waals surface area contributed by atoms with Crippen molar-refractivity contribution < 1.29 is 0 Å². The minimum atomic E-state index is 0.660. The highest BCUT2D eigenvalue weighted by Crippen LogP contribution is 2.38. The van der Waals surface area contributed by atoms with Gasteiger partial charge in [0.15, 0.2) is 0 Å². The average Bonchev–Trinajstić information content (AvgIpc) is 3.53. The molecule has 0 aliphatic carbocycles. The monoisotopic (exact) mass is 464 g/mol. The van der Waals surface area contributed by atoms with Gasteiger partial charge in [0, 0.05) is 50.1 Å². The van der Waals surface area contributed by atoms with Crippen molar-refractivity contribution in [1.29, 1.82) is 0 Å². The van der Waals surface area contributed by atoms with Crippen LogP contribution in [-0.4, -0.2) is 9.13 Å². The van der Waals surface area contributed by atoms with Gasteiger partial charge in [-0.1, -0.05) is 78.9 Å². The average molecular weight is 465 g/mol. The summed E-state index contributed by atoms with van der Waals surface area (Å²) < 4.78 is 4.43. The SMILES string of the molecule is N/C=c1/cccc/c1=C(/N)n1c2ccccc2c2ccc3c4ccn(-c5ccccc5)c4ccc3c21. The standard InChI is InChI=1S/C32H24N4/c33-20-21-8-4-5-11-23(21)32(34)36-30-13-7-6-12-25(30)28-15-14-24-26-18-19-35(22-9-2-1-3-10-22)29(26)17-16-27(24)31(28)36/h1-20H,33-34H2/b21-20-,32-23+. The van der Waals surface area contributed by atoms with Crippen LogP contribution in [0.25, 0.3) is 61.2 Å². The molecule has 172 valence electrons. The molecule has 2 heterocycles. The lowest BCUT2D eigenvalue weighted by Gasteiger charge is -2.12. The first kappa shape index (κ1) is 20.4. The number of rotatable bonds is 2. The van der Waals surface area contributed by atoms with E-state index in [0.717, 1.165) is 27.2 Å². The molecule has 0 radical (unpaired) electrons. The van der Waals surface area contributed by atoms with E-state index in [1.54, 1.807) is 6.20 Å². The van der Waals surface area contributed by atoms with Gasteiger partial charge >= 0.3 is 0 Å². The van der Waals surface area contributed by atoms with Gasteiger partial charge in [-0.2, -0.15) is 0 Å². The Kier molecular flexibility index (Phi) is 4.42. The van der Waals surface area contributed by atoms with E-state index in [4.69, 9.17) is 11.5 Å². The Morgan fingerprint density at radius 1 is 0.583 bits per heavy atom. The summed E-state index contributed by atoms with van der Waals surface area (Å²) in [6, 6.07) is 38.0. The van der Waals surface area contributed by atoms with Crippen LogP contribution < -0.4 is 21.9 Å². The Morgan fingerprint density at radius 3 is 2.11 bits per heavy atom. The molecule has 0 aliphatic rings. The number of benzene rings is 5. The summed E-state index contributed by atoms with van der Waals surface area (Å²) in [5.41, 5.74) is 17.4. The summed E-state index contributed by atoms with van der Waals surface area (Å²) in [5.74, 6) is 0.660. The predicted molar refractivity (Wildman–Crippen MR) is 151 cm³/mol. The van der Waals surface area contributed by atoms with Crippen molar-refractivity contribution in [2.24, 2.45) is 11.5 Å². The number of hydrogen-bond acceptors (Lipinski definition) is 2. The van der Waals surface area contributed by atoms with Crippen LogP contribution in [0.15, 0.2) is 115 Å². The van der Waals surface area contributed by atoms with Gasteiger partial charge in [-0.15, -0.1) is 0 Å². The van der Waals surface area contributed by atoms with Gasteiger partial charge in [-0.25, -0.2) is 0 Å². The fourth-order valence-corrected chi connectivity index (χ4v) is 5.55. The molecule has 4 N–H and O–H groups in total. The zero-order valence-corrected chi connectivity index (χ0v) is 19.6. The first-order chi connectivity index (χ1) is 17.8. The largest absolute Gasteiger partial charge is 0.404 e. The normalized spacial score (nSPS) is 13.3. The highest BCUT2D eigenvalue weighted by molar-refractivity contribution is 6.23. The molecule has 4 nitrogen and oxygen atoms in total. The molecule has 0 aliphatic heterocycles. The van der Waals surface area contributed by atoms with Crippen LogP contribution >= 0.6 is 0 Å². The lowest BCUT2D eigenvalue weighted by Crippen LogP contribution is -2.33. The molecule has 0 atom stereocenters. The van der Waals surface area contributed by atoms with Crippen LogP contribution in [0.3, 0.4) is 0 Å². The minimum absolute atomic E-state index is 0.660. The van der Waals surface area contributed by atoms with Gasteiger partial charge in [0.1, 0.15) is 5.82 Å². The van der Waals surface area contributed by atoms with Crippen LogP contribution in [-0.2, 0) is 0 Å². The second kappa shape index (κ2) is 7.79. The maximum Gasteiger partial charge on any atom is 0.116 e. The highest BCUT2D eigenvalue weighted by atomic mass is 15.1. The molecular weight excluding hydrogens is 440 g/mol. The molecule has 7 aromatic rings. The van der Waals surface area contributed by atoms with Gasteiger partial charge < -0.3 is 16.0 Å². The van der Waals surface area contributed by atoms with E-state index in [-0.39, 0.29) is 0 Å². The Balaban J connectivity index is 1.65. The van der Waals surface area contributed by atoms with Gasteiger partial charge in [0.2, 0.25) is 0 Å². The molecule has 7 rings (SSSR count). The third-order valence-corrected chi connectivity index (χ3v) is 7.19. The maximum atomic E-state index is 6.95. The van der Waals surface area contributed by atoms with E-state index in [9.17, 15) is 0 Å². The molecule has 0 saturated carbocycles. The summed E-state index contributed by atoms with van der Waals surface area (Å²) in [6.07, 6.45) is 3.76. The molecule has 0 unspecified atom stereocenters. The van der Waals surface area contributed by atoms with E-state index in [0.29, 0.717) is 5.82 Å². The Morgan fingerprint density at radius 2 is 1.25 bits per heavy atom. The lowest BCUT2D eigenvalue weighted by atomic mass is 10.0. The molecule has 5 aromatic carbocycles. The number of hydrogen-bond donors (Lipinski definition) is 2. The summed E-state index contributed by atoms with van der Waals surface area (Å²) in [4.78, 5) is 0. The Labute approximate surface area is 207 Å². The molecule has 0 bridgehead atoms. The van der Waals surface area contributed by atoms with E-state index < -0.39 is 0 Å². The van der Waals surface area contributed by atoms with E-state index in [1.807, 2.05) is 30.3 Å². The predicted octanol–water partition coefficient (Wildman–Crippen LogP) is 5.16. The van der Waals surface area contributed by atoms with Crippen molar-refractivity contribution in [2.75, 3.05) is 0 Å². The smallest absolute Gasteiger partial charge is 0.116 e. The second-order valence-corrected chi connectivity index (χ2v) is 9.07. The summed E-state index contributed by atoms with van der Waals surface area (Å²) >= 11 is 0. The van der Waals surface area contributed by atoms with Crippen LogP contribution in [0.1, 0.15) is 0 Å². The minimum Gasteiger partial charge on any atom is -0.404 e. The molecule has 0 spiro atoms. The Bertz CT molecular complexity index is 2060. The van der Waals surface area contributed by atoms with Crippen molar-refractivity contribution in [3.8, 4) is 5.69 Å². The van der Waals surface area contributed by atoms with Crippen molar-refractivity contribution in [1.82, 2.24) is 9.13 Å². The molecule has 0 saturated heterocycles. The number of fused-ring (bicyclic) bond motifs is 7. The van der Waals surface area contributed by atoms with Crippen LogP contribution in [0.2, 0.25) is 0 Å².